The van der Waals surface area contributed by atoms with Gasteiger partial charge in [-0.3, -0.25) is 0 Å². The molecule has 1 saturated heterocycles. The smallest absolute Gasteiger partial charge is 0.120 e. The minimum absolute atomic E-state index is 0.367. The van der Waals surface area contributed by atoms with Crippen molar-refractivity contribution < 1.29 is 4.74 Å². The molecular weight excluding hydrogens is 246 g/mol. The largest absolute Gasteiger partial charge is 0.490 e. The van der Waals surface area contributed by atoms with E-state index in [1.165, 1.54) is 10.8 Å². The fraction of sp³-hybridized carbons (Fsp3) is 0.444. The normalized spacial score (nSPS) is 17.8. The third-order valence-corrected chi connectivity index (χ3v) is 4.23. The molecule has 106 valence electrons. The monoisotopic (exact) mass is 269 g/mol. The van der Waals surface area contributed by atoms with Crippen LogP contribution in [-0.2, 0) is 0 Å². The van der Waals surface area contributed by atoms with E-state index in [0.29, 0.717) is 12.1 Å². The van der Waals surface area contributed by atoms with Gasteiger partial charge in [-0.15, -0.1) is 0 Å². The zero-order chi connectivity index (χ0) is 13.9. The van der Waals surface area contributed by atoms with Crippen LogP contribution in [0, 0.1) is 0 Å². The lowest BCUT2D eigenvalue weighted by Crippen LogP contribution is -2.41. The lowest BCUT2D eigenvalue weighted by atomic mass is 10.1. The molecule has 2 heteroatoms. The van der Waals surface area contributed by atoms with Gasteiger partial charge in [0, 0.05) is 19.1 Å². The summed E-state index contributed by atoms with van der Waals surface area (Å²) in [4.78, 5) is 2.53. The van der Waals surface area contributed by atoms with E-state index >= 15 is 0 Å². The van der Waals surface area contributed by atoms with E-state index in [-0.39, 0.29) is 0 Å². The molecular formula is C18H23NO. The number of benzene rings is 2. The number of fused-ring (bicyclic) bond motifs is 1. The molecule has 0 N–H and O–H groups in total. The van der Waals surface area contributed by atoms with Crippen LogP contribution in [-0.4, -0.2) is 30.1 Å². The molecule has 0 aliphatic carbocycles. The molecule has 0 amide bonds. The zero-order valence-corrected chi connectivity index (χ0v) is 12.4. The molecule has 20 heavy (non-hydrogen) atoms. The van der Waals surface area contributed by atoms with Gasteiger partial charge in [0.25, 0.3) is 0 Å². The molecule has 2 nitrogen and oxygen atoms in total. The van der Waals surface area contributed by atoms with Gasteiger partial charge in [-0.25, -0.2) is 0 Å². The number of rotatable bonds is 3. The summed E-state index contributed by atoms with van der Waals surface area (Å²) in [5, 5.41) is 2.53. The first-order chi connectivity index (χ1) is 9.72. The lowest BCUT2D eigenvalue weighted by Gasteiger charge is -2.34. The second-order valence-corrected chi connectivity index (χ2v) is 5.96. The number of hydrogen-bond donors (Lipinski definition) is 0. The van der Waals surface area contributed by atoms with Crippen LogP contribution in [0.15, 0.2) is 42.5 Å². The van der Waals surface area contributed by atoms with Crippen molar-refractivity contribution in [2.24, 2.45) is 0 Å². The van der Waals surface area contributed by atoms with Crippen molar-refractivity contribution in [3.05, 3.63) is 42.5 Å². The van der Waals surface area contributed by atoms with Gasteiger partial charge < -0.3 is 9.64 Å². The topological polar surface area (TPSA) is 12.5 Å². The van der Waals surface area contributed by atoms with E-state index in [1.807, 2.05) is 0 Å². The molecule has 1 fully saturated rings. The predicted molar refractivity (Wildman–Crippen MR) is 84.3 cm³/mol. The highest BCUT2D eigenvalue weighted by Gasteiger charge is 2.21. The third kappa shape index (κ3) is 2.96. The Morgan fingerprint density at radius 2 is 1.70 bits per heavy atom. The molecule has 0 aromatic heterocycles. The molecule has 3 rings (SSSR count). The Balaban J connectivity index is 1.65. The quantitative estimate of drug-likeness (QED) is 0.832. The summed E-state index contributed by atoms with van der Waals surface area (Å²) in [6, 6.07) is 15.5. The summed E-state index contributed by atoms with van der Waals surface area (Å²) in [5.41, 5.74) is 0. The Hall–Kier alpha value is -1.54. The Morgan fingerprint density at radius 3 is 2.40 bits per heavy atom. The number of nitrogens with zero attached hydrogens (tertiary/aromatic N) is 1. The van der Waals surface area contributed by atoms with Crippen LogP contribution in [0.2, 0.25) is 0 Å². The van der Waals surface area contributed by atoms with Crippen molar-refractivity contribution in [1.82, 2.24) is 4.90 Å². The third-order valence-electron chi connectivity index (χ3n) is 4.23. The minimum atomic E-state index is 0.367. The Labute approximate surface area is 121 Å². The zero-order valence-electron chi connectivity index (χ0n) is 12.4. The van der Waals surface area contributed by atoms with Crippen LogP contribution in [0.3, 0.4) is 0 Å². The van der Waals surface area contributed by atoms with Gasteiger partial charge in [-0.2, -0.15) is 0 Å². The van der Waals surface area contributed by atoms with Gasteiger partial charge in [0.2, 0.25) is 0 Å². The first-order valence-electron chi connectivity index (χ1n) is 7.62. The molecule has 2 aromatic carbocycles. The van der Waals surface area contributed by atoms with Crippen molar-refractivity contribution in [3.8, 4) is 5.75 Å². The summed E-state index contributed by atoms with van der Waals surface area (Å²) in [5.74, 6) is 1.01. The van der Waals surface area contributed by atoms with Gasteiger partial charge in [-0.05, 0) is 49.6 Å². The predicted octanol–water partition coefficient (Wildman–Crippen LogP) is 4.09. The molecule has 0 unspecified atom stereocenters. The van der Waals surface area contributed by atoms with E-state index in [0.717, 1.165) is 31.7 Å². The maximum absolute atomic E-state index is 6.16. The molecule has 1 aliphatic heterocycles. The van der Waals surface area contributed by atoms with Crippen LogP contribution in [0.4, 0.5) is 0 Å². The Morgan fingerprint density at radius 1 is 1.00 bits per heavy atom. The van der Waals surface area contributed by atoms with Crippen molar-refractivity contribution >= 4 is 10.8 Å². The van der Waals surface area contributed by atoms with E-state index in [9.17, 15) is 0 Å². The highest BCUT2D eigenvalue weighted by Crippen LogP contribution is 2.24. The number of piperidine rings is 1. The van der Waals surface area contributed by atoms with Crippen molar-refractivity contribution in [2.45, 2.75) is 38.8 Å². The van der Waals surface area contributed by atoms with E-state index in [2.05, 4.69) is 61.2 Å². The minimum Gasteiger partial charge on any atom is -0.490 e. The average Bonchev–Trinajstić information content (AvgIpc) is 2.48. The van der Waals surface area contributed by atoms with E-state index < -0.39 is 0 Å². The molecule has 2 aromatic rings. The second kappa shape index (κ2) is 5.84. The standard InChI is InChI=1S/C18H23NO/c1-14(2)19-11-9-17(10-12-19)20-18-8-7-15-5-3-4-6-16(15)13-18/h3-8,13-14,17H,9-12H2,1-2H3. The van der Waals surface area contributed by atoms with Gasteiger partial charge in [0.05, 0.1) is 0 Å². The molecule has 1 heterocycles. The maximum Gasteiger partial charge on any atom is 0.120 e. The van der Waals surface area contributed by atoms with Crippen LogP contribution < -0.4 is 4.74 Å². The van der Waals surface area contributed by atoms with Gasteiger partial charge in [0.1, 0.15) is 11.9 Å². The summed E-state index contributed by atoms with van der Waals surface area (Å²) in [6.45, 7) is 6.83. The van der Waals surface area contributed by atoms with Gasteiger partial charge in [0.15, 0.2) is 0 Å². The van der Waals surface area contributed by atoms with Crippen LogP contribution >= 0.6 is 0 Å². The highest BCUT2D eigenvalue weighted by atomic mass is 16.5. The van der Waals surface area contributed by atoms with Crippen molar-refractivity contribution in [1.29, 1.82) is 0 Å². The lowest BCUT2D eigenvalue weighted by molar-refractivity contribution is 0.0844. The highest BCUT2D eigenvalue weighted by molar-refractivity contribution is 5.83. The number of hydrogen-bond acceptors (Lipinski definition) is 2. The molecule has 0 spiro atoms. The van der Waals surface area contributed by atoms with Gasteiger partial charge >= 0.3 is 0 Å². The van der Waals surface area contributed by atoms with Crippen LogP contribution in [0.1, 0.15) is 26.7 Å². The molecule has 0 atom stereocenters. The average molecular weight is 269 g/mol. The Kier molecular flexibility index (Phi) is 3.93. The van der Waals surface area contributed by atoms with Crippen molar-refractivity contribution in [2.75, 3.05) is 13.1 Å². The summed E-state index contributed by atoms with van der Waals surface area (Å²) >= 11 is 0. The van der Waals surface area contributed by atoms with Crippen LogP contribution in [0.25, 0.3) is 10.8 Å². The number of likely N-dealkylation sites (tertiary alicyclic amines) is 1. The molecule has 0 radical (unpaired) electrons. The first kappa shape index (κ1) is 13.4. The fourth-order valence-corrected chi connectivity index (χ4v) is 2.94. The maximum atomic E-state index is 6.16. The number of ether oxygens (including phenoxy) is 1. The second-order valence-electron chi connectivity index (χ2n) is 5.96. The summed E-state index contributed by atoms with van der Waals surface area (Å²) in [6.07, 6.45) is 2.63. The fourth-order valence-electron chi connectivity index (χ4n) is 2.94. The molecule has 0 bridgehead atoms. The molecule has 1 aliphatic rings. The summed E-state index contributed by atoms with van der Waals surface area (Å²) < 4.78 is 6.16. The Bertz CT molecular complexity index is 570. The summed E-state index contributed by atoms with van der Waals surface area (Å²) in [7, 11) is 0. The molecule has 0 saturated carbocycles. The first-order valence-corrected chi connectivity index (χ1v) is 7.62. The van der Waals surface area contributed by atoms with Crippen molar-refractivity contribution in [3.63, 3.8) is 0 Å². The SMILES string of the molecule is CC(C)N1CCC(Oc2ccc3ccccc3c2)CC1. The van der Waals surface area contributed by atoms with Crippen LogP contribution in [0.5, 0.6) is 5.75 Å². The van der Waals surface area contributed by atoms with Gasteiger partial charge in [-0.1, -0.05) is 30.3 Å². The van der Waals surface area contributed by atoms with E-state index in [4.69, 9.17) is 4.74 Å². The van der Waals surface area contributed by atoms with E-state index in [1.54, 1.807) is 0 Å².